The molecular formula is C15H20N2O3. The van der Waals surface area contributed by atoms with Crippen molar-refractivity contribution in [2.45, 2.75) is 38.6 Å². The summed E-state index contributed by atoms with van der Waals surface area (Å²) in [5.41, 5.74) is 1.80. The zero-order valence-electron chi connectivity index (χ0n) is 11.6. The minimum atomic E-state index is -0.925. The number of urea groups is 1. The molecule has 1 aromatic carbocycles. The van der Waals surface area contributed by atoms with Crippen molar-refractivity contribution in [1.82, 2.24) is 4.90 Å². The lowest BCUT2D eigenvalue weighted by atomic mass is 10.1. The topological polar surface area (TPSA) is 69.6 Å². The number of anilines is 1. The summed E-state index contributed by atoms with van der Waals surface area (Å²) in [6, 6.07) is 6.41. The monoisotopic (exact) mass is 276 g/mol. The Morgan fingerprint density at radius 2 is 1.90 bits per heavy atom. The van der Waals surface area contributed by atoms with Crippen LogP contribution in [0.1, 0.15) is 31.2 Å². The summed E-state index contributed by atoms with van der Waals surface area (Å²) in [5, 5.41) is 12.0. The predicted octanol–water partition coefficient (Wildman–Crippen LogP) is 2.86. The molecule has 2 amide bonds. The van der Waals surface area contributed by atoms with Gasteiger partial charge in [0, 0.05) is 12.2 Å². The number of carboxylic acids is 1. The minimum Gasteiger partial charge on any atom is -0.480 e. The van der Waals surface area contributed by atoms with Gasteiger partial charge in [0.15, 0.2) is 0 Å². The van der Waals surface area contributed by atoms with Crippen molar-refractivity contribution in [3.63, 3.8) is 0 Å². The Morgan fingerprint density at radius 1 is 1.20 bits per heavy atom. The first-order valence-corrected chi connectivity index (χ1v) is 6.95. The van der Waals surface area contributed by atoms with Gasteiger partial charge in [0.05, 0.1) is 0 Å². The highest BCUT2D eigenvalue weighted by Gasteiger charge is 2.30. The number of nitrogens with one attached hydrogen (secondary N) is 1. The van der Waals surface area contributed by atoms with E-state index in [9.17, 15) is 14.7 Å². The summed E-state index contributed by atoms with van der Waals surface area (Å²) < 4.78 is 0. The maximum Gasteiger partial charge on any atom is 0.326 e. The number of carbonyl (C=O) groups is 2. The van der Waals surface area contributed by atoms with E-state index in [0.29, 0.717) is 18.7 Å². The summed E-state index contributed by atoms with van der Waals surface area (Å²) in [6.07, 6.45) is 3.20. The van der Waals surface area contributed by atoms with Gasteiger partial charge in [-0.05, 0) is 31.9 Å². The molecule has 1 unspecified atom stereocenters. The molecule has 2 N–H and O–H groups in total. The number of aryl methyl sites for hydroxylation is 1. The largest absolute Gasteiger partial charge is 0.480 e. The lowest BCUT2D eigenvalue weighted by Gasteiger charge is -2.27. The highest BCUT2D eigenvalue weighted by Crippen LogP contribution is 2.19. The number of rotatable bonds is 2. The van der Waals surface area contributed by atoms with Crippen LogP contribution in [0.15, 0.2) is 24.3 Å². The molecule has 1 aliphatic heterocycles. The molecule has 0 aliphatic carbocycles. The van der Waals surface area contributed by atoms with Crippen LogP contribution in [0.5, 0.6) is 0 Å². The second kappa shape index (κ2) is 6.41. The van der Waals surface area contributed by atoms with Crippen LogP contribution < -0.4 is 5.32 Å². The van der Waals surface area contributed by atoms with Gasteiger partial charge >= 0.3 is 12.0 Å². The van der Waals surface area contributed by atoms with E-state index in [0.717, 1.165) is 24.8 Å². The number of carbonyl (C=O) groups excluding carboxylic acids is 1. The van der Waals surface area contributed by atoms with Gasteiger partial charge in [-0.25, -0.2) is 9.59 Å². The molecule has 5 nitrogen and oxygen atoms in total. The molecule has 20 heavy (non-hydrogen) atoms. The maximum atomic E-state index is 12.3. The van der Waals surface area contributed by atoms with Crippen LogP contribution in [0.25, 0.3) is 0 Å². The molecule has 0 saturated carbocycles. The molecule has 108 valence electrons. The fourth-order valence-electron chi connectivity index (χ4n) is 2.44. The third-order valence-electron chi connectivity index (χ3n) is 3.60. The SMILES string of the molecule is Cc1ccc(NC(=O)N2CCCCCC2C(=O)O)cc1. The van der Waals surface area contributed by atoms with Crippen molar-refractivity contribution in [1.29, 1.82) is 0 Å². The zero-order chi connectivity index (χ0) is 14.5. The molecule has 1 atom stereocenters. The first-order valence-electron chi connectivity index (χ1n) is 6.95. The Balaban J connectivity index is 2.08. The van der Waals surface area contributed by atoms with Crippen molar-refractivity contribution in [3.8, 4) is 0 Å². The maximum absolute atomic E-state index is 12.3. The van der Waals surface area contributed by atoms with E-state index in [2.05, 4.69) is 5.32 Å². The third-order valence-corrected chi connectivity index (χ3v) is 3.60. The number of carboxylic acid groups (broad SMARTS) is 1. The second-order valence-corrected chi connectivity index (χ2v) is 5.19. The van der Waals surface area contributed by atoms with Gasteiger partial charge in [0.25, 0.3) is 0 Å². The molecule has 5 heteroatoms. The molecule has 0 radical (unpaired) electrons. The van der Waals surface area contributed by atoms with E-state index in [4.69, 9.17) is 0 Å². The van der Waals surface area contributed by atoms with Crippen molar-refractivity contribution in [3.05, 3.63) is 29.8 Å². The van der Waals surface area contributed by atoms with Crippen LogP contribution in [-0.4, -0.2) is 34.6 Å². The van der Waals surface area contributed by atoms with E-state index in [1.165, 1.54) is 4.90 Å². The van der Waals surface area contributed by atoms with E-state index in [1.54, 1.807) is 0 Å². The highest BCUT2D eigenvalue weighted by atomic mass is 16.4. The van der Waals surface area contributed by atoms with Gasteiger partial charge in [0.2, 0.25) is 0 Å². The van der Waals surface area contributed by atoms with Crippen LogP contribution in [0.4, 0.5) is 10.5 Å². The normalized spacial score (nSPS) is 19.2. The number of hydrogen-bond donors (Lipinski definition) is 2. The number of aliphatic carboxylic acids is 1. The number of hydrogen-bond acceptors (Lipinski definition) is 2. The molecule has 0 spiro atoms. The Kier molecular flexibility index (Phi) is 4.61. The summed E-state index contributed by atoms with van der Waals surface area (Å²) in [6.45, 7) is 2.47. The summed E-state index contributed by atoms with van der Waals surface area (Å²) in [5.74, 6) is -0.925. The van der Waals surface area contributed by atoms with Gasteiger partial charge in [-0.2, -0.15) is 0 Å². The Hall–Kier alpha value is -2.04. The third kappa shape index (κ3) is 3.50. The first kappa shape index (κ1) is 14.4. The number of likely N-dealkylation sites (tertiary alicyclic amines) is 1. The molecule has 1 aromatic rings. The van der Waals surface area contributed by atoms with E-state index >= 15 is 0 Å². The molecule has 1 saturated heterocycles. The quantitative estimate of drug-likeness (QED) is 0.872. The molecular weight excluding hydrogens is 256 g/mol. The summed E-state index contributed by atoms with van der Waals surface area (Å²) in [7, 11) is 0. The van der Waals surface area contributed by atoms with Gasteiger partial charge in [-0.1, -0.05) is 30.5 Å². The fraction of sp³-hybridized carbons (Fsp3) is 0.467. The Labute approximate surface area is 118 Å². The van der Waals surface area contributed by atoms with Gasteiger partial charge in [0.1, 0.15) is 6.04 Å². The average Bonchev–Trinajstić information content (AvgIpc) is 2.67. The predicted molar refractivity (Wildman–Crippen MR) is 76.8 cm³/mol. The minimum absolute atomic E-state index is 0.330. The average molecular weight is 276 g/mol. The Morgan fingerprint density at radius 3 is 2.55 bits per heavy atom. The van der Waals surface area contributed by atoms with Crippen molar-refractivity contribution >= 4 is 17.7 Å². The number of benzene rings is 1. The van der Waals surface area contributed by atoms with Crippen molar-refractivity contribution < 1.29 is 14.7 Å². The van der Waals surface area contributed by atoms with Crippen molar-refractivity contribution in [2.24, 2.45) is 0 Å². The second-order valence-electron chi connectivity index (χ2n) is 5.19. The van der Waals surface area contributed by atoms with E-state index in [-0.39, 0.29) is 6.03 Å². The van der Waals surface area contributed by atoms with Crippen LogP contribution in [0, 0.1) is 6.92 Å². The smallest absolute Gasteiger partial charge is 0.326 e. The Bertz CT molecular complexity index is 484. The lowest BCUT2D eigenvalue weighted by Crippen LogP contribution is -2.46. The standard InChI is InChI=1S/C15H20N2O3/c1-11-6-8-12(9-7-11)16-15(20)17-10-4-2-3-5-13(17)14(18)19/h6-9,13H,2-5,10H2,1H3,(H,16,20)(H,18,19). The molecule has 0 aromatic heterocycles. The van der Waals surface area contributed by atoms with Gasteiger partial charge < -0.3 is 15.3 Å². The lowest BCUT2D eigenvalue weighted by molar-refractivity contribution is -0.142. The van der Waals surface area contributed by atoms with Crippen LogP contribution in [-0.2, 0) is 4.79 Å². The summed E-state index contributed by atoms with van der Waals surface area (Å²) in [4.78, 5) is 25.0. The van der Waals surface area contributed by atoms with E-state index < -0.39 is 12.0 Å². The first-order chi connectivity index (χ1) is 9.58. The molecule has 1 aliphatic rings. The zero-order valence-corrected chi connectivity index (χ0v) is 11.6. The van der Waals surface area contributed by atoms with Crippen molar-refractivity contribution in [2.75, 3.05) is 11.9 Å². The highest BCUT2D eigenvalue weighted by molar-refractivity contribution is 5.92. The number of amides is 2. The van der Waals surface area contributed by atoms with Crippen LogP contribution in [0.3, 0.4) is 0 Å². The number of nitrogens with zero attached hydrogens (tertiary/aromatic N) is 1. The van der Waals surface area contributed by atoms with Crippen LogP contribution >= 0.6 is 0 Å². The molecule has 0 bridgehead atoms. The van der Waals surface area contributed by atoms with Gasteiger partial charge in [-0.3, -0.25) is 0 Å². The molecule has 1 heterocycles. The molecule has 1 fully saturated rings. The van der Waals surface area contributed by atoms with E-state index in [1.807, 2.05) is 31.2 Å². The molecule has 2 rings (SSSR count). The van der Waals surface area contributed by atoms with Gasteiger partial charge in [-0.15, -0.1) is 0 Å². The fourth-order valence-corrected chi connectivity index (χ4v) is 2.44. The van der Waals surface area contributed by atoms with Crippen LogP contribution in [0.2, 0.25) is 0 Å². The summed E-state index contributed by atoms with van der Waals surface area (Å²) >= 11 is 0.